The normalized spacial score (nSPS) is 19.3. The minimum absolute atomic E-state index is 0.125. The maximum absolute atomic E-state index is 14.5. The maximum atomic E-state index is 14.5. The van der Waals surface area contributed by atoms with Gasteiger partial charge in [-0.2, -0.15) is 0 Å². The number of hydrogen-bond donors (Lipinski definition) is 1. The standard InChI is InChI=1S/C34H39Cl2N5O4/c1-21(2)45-29-20-27(44-5)14-15-28(29)32-38-30(23-6-10-25(35)11-7-23)31(24-8-12-26(36)13-9-24)41(32)34(43)37-22(3)33(42)40-18-16-39(4)17-19-40/h6-15,20-22,30-31H,16-19H2,1-5H3,(H,37,43)/t22-,30-,31+/m1/s1. The third kappa shape index (κ3) is 7.38. The highest BCUT2D eigenvalue weighted by Crippen LogP contribution is 2.45. The minimum Gasteiger partial charge on any atom is -0.497 e. The Morgan fingerprint density at radius 2 is 1.49 bits per heavy atom. The molecule has 5 rings (SSSR count). The van der Waals surface area contributed by atoms with Crippen molar-refractivity contribution in [2.24, 2.45) is 4.99 Å². The number of carbonyl (C=O) groups is 2. The van der Waals surface area contributed by atoms with Gasteiger partial charge in [-0.3, -0.25) is 14.7 Å². The molecule has 3 aromatic carbocycles. The first-order chi connectivity index (χ1) is 21.5. The number of amides is 3. The predicted molar refractivity (Wildman–Crippen MR) is 178 cm³/mol. The molecule has 1 fully saturated rings. The number of aliphatic imine (C=N–C) groups is 1. The van der Waals surface area contributed by atoms with Gasteiger partial charge in [0.2, 0.25) is 5.91 Å². The molecular weight excluding hydrogens is 613 g/mol. The van der Waals surface area contributed by atoms with Crippen LogP contribution in [-0.2, 0) is 4.79 Å². The van der Waals surface area contributed by atoms with E-state index in [0.29, 0.717) is 46.0 Å². The van der Waals surface area contributed by atoms with Crippen LogP contribution in [0.3, 0.4) is 0 Å². The monoisotopic (exact) mass is 651 g/mol. The number of halogens is 2. The summed E-state index contributed by atoms with van der Waals surface area (Å²) in [5, 5.41) is 4.16. The number of piperazine rings is 1. The first-order valence-electron chi connectivity index (χ1n) is 15.1. The fourth-order valence-electron chi connectivity index (χ4n) is 5.65. The lowest BCUT2D eigenvalue weighted by atomic mass is 9.94. The lowest BCUT2D eigenvalue weighted by Gasteiger charge is -2.35. The van der Waals surface area contributed by atoms with E-state index in [-0.39, 0.29) is 12.0 Å². The molecule has 11 heteroatoms. The number of benzene rings is 3. The summed E-state index contributed by atoms with van der Waals surface area (Å²) in [4.78, 5) is 38.7. The molecule has 45 heavy (non-hydrogen) atoms. The smallest absolute Gasteiger partial charge is 0.324 e. The Balaban J connectivity index is 1.60. The molecule has 2 aliphatic rings. The Morgan fingerprint density at radius 1 is 0.889 bits per heavy atom. The van der Waals surface area contributed by atoms with E-state index in [1.165, 1.54) is 0 Å². The number of urea groups is 1. The molecule has 238 valence electrons. The second-order valence-electron chi connectivity index (χ2n) is 11.6. The second-order valence-corrected chi connectivity index (χ2v) is 12.5. The van der Waals surface area contributed by atoms with Crippen molar-refractivity contribution in [1.82, 2.24) is 20.0 Å². The third-order valence-corrected chi connectivity index (χ3v) is 8.53. The van der Waals surface area contributed by atoms with E-state index < -0.39 is 24.2 Å². The Bertz CT molecular complexity index is 1540. The third-order valence-electron chi connectivity index (χ3n) is 8.03. The zero-order valence-electron chi connectivity index (χ0n) is 26.2. The van der Waals surface area contributed by atoms with E-state index in [2.05, 4.69) is 10.2 Å². The van der Waals surface area contributed by atoms with Crippen LogP contribution in [0.4, 0.5) is 4.79 Å². The molecule has 3 aromatic rings. The van der Waals surface area contributed by atoms with Crippen LogP contribution >= 0.6 is 23.2 Å². The van der Waals surface area contributed by atoms with E-state index in [1.807, 2.05) is 69.4 Å². The lowest BCUT2D eigenvalue weighted by Crippen LogP contribution is -2.55. The molecule has 0 spiro atoms. The molecule has 0 aromatic heterocycles. The Hall–Kier alpha value is -3.79. The highest BCUT2D eigenvalue weighted by molar-refractivity contribution is 6.30. The number of rotatable bonds is 8. The summed E-state index contributed by atoms with van der Waals surface area (Å²) in [5.74, 6) is 1.41. The summed E-state index contributed by atoms with van der Waals surface area (Å²) < 4.78 is 11.7. The van der Waals surface area contributed by atoms with Crippen molar-refractivity contribution in [2.45, 2.75) is 45.0 Å². The molecule has 0 bridgehead atoms. The second kappa shape index (κ2) is 14.1. The summed E-state index contributed by atoms with van der Waals surface area (Å²) in [7, 11) is 3.62. The van der Waals surface area contributed by atoms with Gasteiger partial charge in [-0.05, 0) is 75.3 Å². The van der Waals surface area contributed by atoms with Crippen LogP contribution in [0.15, 0.2) is 71.7 Å². The highest BCUT2D eigenvalue weighted by atomic mass is 35.5. The molecule has 1 saturated heterocycles. The average Bonchev–Trinajstić information content (AvgIpc) is 3.42. The van der Waals surface area contributed by atoms with E-state index in [4.69, 9.17) is 37.7 Å². The fraction of sp³-hybridized carbons (Fsp3) is 0.382. The van der Waals surface area contributed by atoms with Gasteiger partial charge in [-0.25, -0.2) is 4.79 Å². The van der Waals surface area contributed by atoms with Crippen molar-refractivity contribution >= 4 is 41.0 Å². The Labute approximate surface area is 274 Å². The van der Waals surface area contributed by atoms with Crippen molar-refractivity contribution in [3.63, 3.8) is 0 Å². The van der Waals surface area contributed by atoms with Crippen LogP contribution in [0.1, 0.15) is 49.5 Å². The first kappa shape index (κ1) is 32.6. The van der Waals surface area contributed by atoms with Crippen molar-refractivity contribution in [1.29, 1.82) is 0 Å². The van der Waals surface area contributed by atoms with Gasteiger partial charge >= 0.3 is 6.03 Å². The number of methoxy groups -OCH3 is 1. The van der Waals surface area contributed by atoms with Crippen LogP contribution in [0, 0.1) is 0 Å². The number of hydrogen-bond acceptors (Lipinski definition) is 6. The molecule has 2 heterocycles. The summed E-state index contributed by atoms with van der Waals surface area (Å²) in [6, 6.07) is 18.0. The highest BCUT2D eigenvalue weighted by Gasteiger charge is 2.44. The molecule has 0 aliphatic carbocycles. The molecule has 0 radical (unpaired) electrons. The minimum atomic E-state index is -0.759. The molecule has 0 unspecified atom stereocenters. The van der Waals surface area contributed by atoms with Crippen LogP contribution < -0.4 is 14.8 Å². The summed E-state index contributed by atoms with van der Waals surface area (Å²) >= 11 is 12.5. The quantitative estimate of drug-likeness (QED) is 0.313. The van der Waals surface area contributed by atoms with Gasteiger partial charge in [-0.1, -0.05) is 47.5 Å². The molecule has 0 saturated carbocycles. The van der Waals surface area contributed by atoms with Crippen molar-refractivity contribution in [3.05, 3.63) is 93.5 Å². The van der Waals surface area contributed by atoms with E-state index in [9.17, 15) is 9.59 Å². The van der Waals surface area contributed by atoms with Gasteiger partial charge in [0.25, 0.3) is 0 Å². The van der Waals surface area contributed by atoms with Crippen LogP contribution in [0.2, 0.25) is 10.0 Å². The fourth-order valence-corrected chi connectivity index (χ4v) is 5.90. The SMILES string of the molecule is COc1ccc(C2=N[C@H](c3ccc(Cl)cc3)[C@H](c3ccc(Cl)cc3)N2C(=O)N[C@H](C)C(=O)N2CCN(C)CC2)c(OC(C)C)c1. The van der Waals surface area contributed by atoms with Gasteiger partial charge in [0, 0.05) is 42.3 Å². The van der Waals surface area contributed by atoms with Crippen molar-refractivity contribution in [3.8, 4) is 11.5 Å². The average molecular weight is 653 g/mol. The summed E-state index contributed by atoms with van der Waals surface area (Å²) in [5.41, 5.74) is 2.31. The first-order valence-corrected chi connectivity index (χ1v) is 15.8. The van der Waals surface area contributed by atoms with E-state index in [1.54, 1.807) is 42.0 Å². The van der Waals surface area contributed by atoms with Crippen LogP contribution in [0.5, 0.6) is 11.5 Å². The lowest BCUT2D eigenvalue weighted by molar-refractivity contribution is -0.134. The molecular formula is C34H39Cl2N5O4. The number of nitrogens with one attached hydrogen (secondary N) is 1. The zero-order chi connectivity index (χ0) is 32.2. The van der Waals surface area contributed by atoms with Gasteiger partial charge in [-0.15, -0.1) is 0 Å². The van der Waals surface area contributed by atoms with Crippen LogP contribution in [-0.4, -0.2) is 85.0 Å². The number of nitrogens with zero attached hydrogens (tertiary/aromatic N) is 4. The molecule has 1 N–H and O–H groups in total. The van der Waals surface area contributed by atoms with Gasteiger partial charge in [0.1, 0.15) is 29.4 Å². The van der Waals surface area contributed by atoms with Crippen molar-refractivity contribution in [2.75, 3.05) is 40.3 Å². The number of carbonyl (C=O) groups excluding carboxylic acids is 2. The Kier molecular flexibility index (Phi) is 10.2. The largest absolute Gasteiger partial charge is 0.497 e. The van der Waals surface area contributed by atoms with Gasteiger partial charge < -0.3 is 24.6 Å². The van der Waals surface area contributed by atoms with E-state index in [0.717, 1.165) is 24.2 Å². The summed E-state index contributed by atoms with van der Waals surface area (Å²) in [6.07, 6.45) is -0.152. The van der Waals surface area contributed by atoms with Gasteiger partial charge in [0.05, 0.1) is 24.8 Å². The summed E-state index contributed by atoms with van der Waals surface area (Å²) in [6.45, 7) is 8.38. The topological polar surface area (TPSA) is 86.7 Å². The van der Waals surface area contributed by atoms with Gasteiger partial charge in [0.15, 0.2) is 0 Å². The van der Waals surface area contributed by atoms with E-state index >= 15 is 0 Å². The number of ether oxygens (including phenoxy) is 2. The maximum Gasteiger partial charge on any atom is 0.324 e. The molecule has 2 aliphatic heterocycles. The molecule has 3 amide bonds. The van der Waals surface area contributed by atoms with Crippen molar-refractivity contribution < 1.29 is 19.1 Å². The molecule has 9 nitrogen and oxygen atoms in total. The van der Waals surface area contributed by atoms with Crippen LogP contribution in [0.25, 0.3) is 0 Å². The predicted octanol–water partition coefficient (Wildman–Crippen LogP) is 6.21. The Morgan fingerprint density at radius 3 is 2.07 bits per heavy atom. The molecule has 3 atom stereocenters. The zero-order valence-corrected chi connectivity index (χ0v) is 27.7. The number of likely N-dealkylation sites (N-methyl/N-ethyl adjacent to an activating group) is 1. The number of amidine groups is 1.